The molecule has 2 atom stereocenters. The molecule has 0 radical (unpaired) electrons. The molecule has 1 aliphatic rings. The quantitative estimate of drug-likeness (QED) is 0.660. The van der Waals surface area contributed by atoms with Crippen molar-refractivity contribution >= 4 is 0 Å². The summed E-state index contributed by atoms with van der Waals surface area (Å²) < 4.78 is 5.20. The normalized spacial score (nSPS) is 25.1. The summed E-state index contributed by atoms with van der Waals surface area (Å²) in [7, 11) is 3.70. The maximum absolute atomic E-state index is 9.30. The molecular weight excluding hydrogens is 216 g/mol. The maximum atomic E-state index is 9.30. The van der Waals surface area contributed by atoms with Gasteiger partial charge in [0, 0.05) is 19.2 Å². The van der Waals surface area contributed by atoms with E-state index in [9.17, 15) is 5.11 Å². The van der Waals surface area contributed by atoms with Gasteiger partial charge >= 0.3 is 0 Å². The van der Waals surface area contributed by atoms with Crippen LogP contribution < -0.4 is 5.32 Å². The van der Waals surface area contributed by atoms with Crippen molar-refractivity contribution in [3.63, 3.8) is 0 Å². The predicted molar refractivity (Wildman–Crippen MR) is 70.2 cm³/mol. The molecule has 1 heterocycles. The van der Waals surface area contributed by atoms with Crippen molar-refractivity contribution in [1.82, 2.24) is 10.2 Å². The summed E-state index contributed by atoms with van der Waals surface area (Å²) in [6.45, 7) is 6.67. The van der Waals surface area contributed by atoms with Crippen molar-refractivity contribution in [3.05, 3.63) is 0 Å². The topological polar surface area (TPSA) is 44.7 Å². The van der Waals surface area contributed by atoms with Gasteiger partial charge in [0.15, 0.2) is 0 Å². The van der Waals surface area contributed by atoms with Crippen molar-refractivity contribution in [1.29, 1.82) is 0 Å². The second-order valence-corrected chi connectivity index (χ2v) is 5.48. The van der Waals surface area contributed by atoms with Gasteiger partial charge in [0.2, 0.25) is 0 Å². The lowest BCUT2D eigenvalue weighted by atomic mass is 9.97. The average molecular weight is 244 g/mol. The Hall–Kier alpha value is -0.160. The van der Waals surface area contributed by atoms with Gasteiger partial charge in [-0.25, -0.2) is 0 Å². The number of nitrogens with zero attached hydrogens (tertiary/aromatic N) is 1. The number of likely N-dealkylation sites (N-methyl/N-ethyl adjacent to an activating group) is 1. The maximum Gasteiger partial charge on any atom is 0.0610 e. The number of methoxy groups -OCH3 is 1. The van der Waals surface area contributed by atoms with Crippen LogP contribution in [-0.2, 0) is 4.74 Å². The second-order valence-electron chi connectivity index (χ2n) is 5.48. The summed E-state index contributed by atoms with van der Waals surface area (Å²) >= 11 is 0. The van der Waals surface area contributed by atoms with Crippen molar-refractivity contribution < 1.29 is 9.84 Å². The van der Waals surface area contributed by atoms with E-state index in [0.29, 0.717) is 5.92 Å². The molecular formula is C13H28N2O2. The predicted octanol–water partition coefficient (Wildman–Crippen LogP) is 0.705. The van der Waals surface area contributed by atoms with Crippen LogP contribution in [0.1, 0.15) is 26.2 Å². The number of likely N-dealkylation sites (tertiary alicyclic amines) is 1. The lowest BCUT2D eigenvalue weighted by Gasteiger charge is -2.27. The van der Waals surface area contributed by atoms with Gasteiger partial charge in [-0.2, -0.15) is 0 Å². The van der Waals surface area contributed by atoms with Gasteiger partial charge in [-0.15, -0.1) is 0 Å². The minimum atomic E-state index is -0.119. The lowest BCUT2D eigenvalue weighted by Crippen LogP contribution is -2.43. The van der Waals surface area contributed by atoms with E-state index < -0.39 is 0 Å². The van der Waals surface area contributed by atoms with Crippen LogP contribution in [0.4, 0.5) is 0 Å². The molecule has 4 heteroatoms. The number of nitrogens with one attached hydrogen (secondary N) is 1. The smallest absolute Gasteiger partial charge is 0.0610 e. The van der Waals surface area contributed by atoms with Gasteiger partial charge in [-0.1, -0.05) is 0 Å². The fourth-order valence-electron chi connectivity index (χ4n) is 2.46. The molecule has 1 rings (SSSR count). The van der Waals surface area contributed by atoms with Crippen LogP contribution in [0.5, 0.6) is 0 Å². The van der Waals surface area contributed by atoms with E-state index in [2.05, 4.69) is 17.1 Å². The van der Waals surface area contributed by atoms with Crippen LogP contribution in [0.25, 0.3) is 0 Å². The molecule has 1 aliphatic heterocycles. The molecule has 0 bridgehead atoms. The molecule has 0 aromatic rings. The van der Waals surface area contributed by atoms with Gasteiger partial charge < -0.3 is 20.1 Å². The van der Waals surface area contributed by atoms with Gasteiger partial charge in [-0.05, 0) is 52.2 Å². The van der Waals surface area contributed by atoms with Crippen molar-refractivity contribution in [2.75, 3.05) is 47.0 Å². The van der Waals surface area contributed by atoms with E-state index in [4.69, 9.17) is 4.74 Å². The van der Waals surface area contributed by atoms with E-state index in [1.807, 2.05) is 7.05 Å². The summed E-state index contributed by atoms with van der Waals surface area (Å²) in [6.07, 6.45) is 3.42. The summed E-state index contributed by atoms with van der Waals surface area (Å²) in [5.74, 6) is 0.716. The second kappa shape index (κ2) is 7.31. The molecule has 0 spiro atoms. The monoisotopic (exact) mass is 244 g/mol. The molecule has 4 nitrogen and oxygen atoms in total. The Balaban J connectivity index is 2.15. The minimum absolute atomic E-state index is 0.119. The standard InChI is InChI=1S/C13H28N2O2/c1-13(11-16,14-2)6-4-7-15-8-5-12(9-15)10-17-3/h12,14,16H,4-11H2,1-3H3. The van der Waals surface area contributed by atoms with Gasteiger partial charge in [0.1, 0.15) is 0 Å². The van der Waals surface area contributed by atoms with Crippen molar-refractivity contribution in [3.8, 4) is 0 Å². The molecule has 1 saturated heterocycles. The molecule has 17 heavy (non-hydrogen) atoms. The molecule has 0 saturated carbocycles. The summed E-state index contributed by atoms with van der Waals surface area (Å²) in [5.41, 5.74) is -0.119. The van der Waals surface area contributed by atoms with Crippen LogP contribution >= 0.6 is 0 Å². The molecule has 0 aromatic heterocycles. The van der Waals surface area contributed by atoms with E-state index in [1.165, 1.54) is 19.5 Å². The summed E-state index contributed by atoms with van der Waals surface area (Å²) in [4.78, 5) is 2.51. The van der Waals surface area contributed by atoms with Crippen LogP contribution in [0.2, 0.25) is 0 Å². The Morgan fingerprint density at radius 2 is 2.29 bits per heavy atom. The van der Waals surface area contributed by atoms with Crippen LogP contribution in [0.3, 0.4) is 0 Å². The Morgan fingerprint density at radius 3 is 2.88 bits per heavy atom. The fourth-order valence-corrected chi connectivity index (χ4v) is 2.46. The Bertz CT molecular complexity index is 208. The first-order chi connectivity index (χ1) is 8.13. The fraction of sp³-hybridized carbons (Fsp3) is 1.00. The molecule has 0 aliphatic carbocycles. The highest BCUT2D eigenvalue weighted by atomic mass is 16.5. The highest BCUT2D eigenvalue weighted by Gasteiger charge is 2.24. The number of ether oxygens (including phenoxy) is 1. The molecule has 0 aromatic carbocycles. The number of hydrogen-bond donors (Lipinski definition) is 2. The molecule has 2 N–H and O–H groups in total. The third-order valence-electron chi connectivity index (χ3n) is 3.93. The molecule has 0 amide bonds. The van der Waals surface area contributed by atoms with E-state index in [-0.39, 0.29) is 12.1 Å². The van der Waals surface area contributed by atoms with Gasteiger partial charge in [0.05, 0.1) is 13.2 Å². The summed E-state index contributed by atoms with van der Waals surface area (Å²) in [6, 6.07) is 0. The molecule has 102 valence electrons. The molecule has 2 unspecified atom stereocenters. The summed E-state index contributed by atoms with van der Waals surface area (Å²) in [5, 5.41) is 12.5. The largest absolute Gasteiger partial charge is 0.394 e. The zero-order valence-corrected chi connectivity index (χ0v) is 11.5. The van der Waals surface area contributed by atoms with Crippen molar-refractivity contribution in [2.24, 2.45) is 5.92 Å². The van der Waals surface area contributed by atoms with Gasteiger partial charge in [-0.3, -0.25) is 0 Å². The van der Waals surface area contributed by atoms with Gasteiger partial charge in [0.25, 0.3) is 0 Å². The van der Waals surface area contributed by atoms with E-state index >= 15 is 0 Å². The molecule has 1 fully saturated rings. The highest BCUT2D eigenvalue weighted by Crippen LogP contribution is 2.18. The van der Waals surface area contributed by atoms with Crippen LogP contribution in [0.15, 0.2) is 0 Å². The third kappa shape index (κ3) is 4.92. The third-order valence-corrected chi connectivity index (χ3v) is 3.93. The highest BCUT2D eigenvalue weighted by molar-refractivity contribution is 4.82. The van der Waals surface area contributed by atoms with E-state index in [0.717, 1.165) is 26.0 Å². The Morgan fingerprint density at radius 1 is 1.53 bits per heavy atom. The zero-order chi connectivity index (χ0) is 12.7. The van der Waals surface area contributed by atoms with Crippen LogP contribution in [0, 0.1) is 5.92 Å². The number of aliphatic hydroxyl groups is 1. The number of rotatable bonds is 8. The minimum Gasteiger partial charge on any atom is -0.394 e. The first kappa shape index (κ1) is 14.9. The van der Waals surface area contributed by atoms with E-state index in [1.54, 1.807) is 7.11 Å². The Kier molecular flexibility index (Phi) is 6.41. The average Bonchev–Trinajstić information content (AvgIpc) is 2.77. The van der Waals surface area contributed by atoms with Crippen molar-refractivity contribution in [2.45, 2.75) is 31.7 Å². The van der Waals surface area contributed by atoms with Crippen LogP contribution in [-0.4, -0.2) is 62.6 Å². The lowest BCUT2D eigenvalue weighted by molar-refractivity contribution is 0.150. The Labute approximate surface area is 105 Å². The SMILES string of the molecule is CNC(C)(CO)CCCN1CCC(COC)C1. The first-order valence-electron chi connectivity index (χ1n) is 6.64. The zero-order valence-electron chi connectivity index (χ0n) is 11.5. The number of hydrogen-bond acceptors (Lipinski definition) is 4. The first-order valence-corrected chi connectivity index (χ1v) is 6.64. The number of aliphatic hydroxyl groups excluding tert-OH is 1.